The minimum atomic E-state index is 0.243. The van der Waals surface area contributed by atoms with Crippen molar-refractivity contribution >= 4 is 0 Å². The van der Waals surface area contributed by atoms with E-state index in [1.54, 1.807) is 7.11 Å². The Morgan fingerprint density at radius 1 is 1.17 bits per heavy atom. The maximum absolute atomic E-state index is 5.60. The fourth-order valence-electron chi connectivity index (χ4n) is 3.67. The molecule has 0 amide bonds. The van der Waals surface area contributed by atoms with E-state index in [1.165, 1.54) is 11.1 Å². The molecule has 152 valence electrons. The highest BCUT2D eigenvalue weighted by molar-refractivity contribution is 5.55. The number of aryl methyl sites for hydroxylation is 2. The van der Waals surface area contributed by atoms with Crippen LogP contribution >= 0.6 is 0 Å². The summed E-state index contributed by atoms with van der Waals surface area (Å²) in [5, 5.41) is 0. The summed E-state index contributed by atoms with van der Waals surface area (Å²) in [6.45, 7) is 6.05. The Morgan fingerprint density at radius 3 is 2.86 bits per heavy atom. The maximum Gasteiger partial charge on any atom is 0.231 e. The van der Waals surface area contributed by atoms with Crippen molar-refractivity contribution in [1.29, 1.82) is 0 Å². The third-order valence-electron chi connectivity index (χ3n) is 5.23. The van der Waals surface area contributed by atoms with Gasteiger partial charge in [-0.3, -0.25) is 4.90 Å². The molecule has 1 aliphatic rings. The highest BCUT2D eigenvalue weighted by Crippen LogP contribution is 2.42. The average molecular weight is 393 g/mol. The molecule has 0 unspecified atom stereocenters. The molecule has 2 aromatic carbocycles. The summed E-state index contributed by atoms with van der Waals surface area (Å²) in [6.07, 6.45) is 6.75. The van der Waals surface area contributed by atoms with Crippen molar-refractivity contribution in [2.24, 2.45) is 0 Å². The van der Waals surface area contributed by atoms with Crippen molar-refractivity contribution in [2.75, 3.05) is 20.4 Å². The Bertz CT molecular complexity index is 941. The van der Waals surface area contributed by atoms with Gasteiger partial charge in [0.15, 0.2) is 11.5 Å². The summed E-state index contributed by atoms with van der Waals surface area (Å²) in [7, 11) is 1.66. The van der Waals surface area contributed by atoms with Crippen molar-refractivity contribution in [1.82, 2.24) is 14.5 Å². The molecule has 29 heavy (non-hydrogen) atoms. The van der Waals surface area contributed by atoms with Gasteiger partial charge in [0.1, 0.15) is 0 Å². The summed E-state index contributed by atoms with van der Waals surface area (Å²) < 4.78 is 18.8. The second-order valence-electron chi connectivity index (χ2n) is 7.32. The number of hydrogen-bond donors (Lipinski definition) is 0. The molecule has 6 nitrogen and oxygen atoms in total. The van der Waals surface area contributed by atoms with Gasteiger partial charge in [-0.05, 0) is 42.2 Å². The highest BCUT2D eigenvalue weighted by Gasteiger charge is 2.21. The second kappa shape index (κ2) is 9.01. The molecule has 4 rings (SSSR count). The van der Waals surface area contributed by atoms with E-state index < -0.39 is 0 Å². The molecule has 0 spiro atoms. The van der Waals surface area contributed by atoms with E-state index in [1.807, 2.05) is 24.8 Å². The molecule has 0 fully saturated rings. The van der Waals surface area contributed by atoms with Crippen molar-refractivity contribution in [3.8, 4) is 17.2 Å². The van der Waals surface area contributed by atoms with E-state index in [0.717, 1.165) is 49.7 Å². The van der Waals surface area contributed by atoms with Crippen molar-refractivity contribution < 1.29 is 14.2 Å². The zero-order valence-corrected chi connectivity index (χ0v) is 17.0. The highest BCUT2D eigenvalue weighted by atomic mass is 16.7. The lowest BCUT2D eigenvalue weighted by Gasteiger charge is -2.24. The van der Waals surface area contributed by atoms with Gasteiger partial charge in [-0.1, -0.05) is 24.3 Å². The normalized spacial score (nSPS) is 12.5. The van der Waals surface area contributed by atoms with Crippen LogP contribution in [-0.2, 0) is 19.6 Å². The van der Waals surface area contributed by atoms with Crippen LogP contribution in [0.2, 0.25) is 0 Å². The molecule has 0 aliphatic carbocycles. The van der Waals surface area contributed by atoms with E-state index in [4.69, 9.17) is 14.2 Å². The minimum Gasteiger partial charge on any atom is -0.493 e. The summed E-state index contributed by atoms with van der Waals surface area (Å²) in [4.78, 5) is 6.60. The first-order chi connectivity index (χ1) is 14.2. The van der Waals surface area contributed by atoms with E-state index >= 15 is 0 Å². The standard InChI is InChI=1S/C23H27N3O3/c1-18-6-3-4-7-20(18)15-26(10-5-9-25-11-8-24-16-25)14-19-12-21(27-2)23-22(13-19)28-17-29-23/h3-4,6-8,11-13,16H,5,9-10,14-15,17H2,1-2H3. The molecule has 0 saturated carbocycles. The van der Waals surface area contributed by atoms with Crippen molar-refractivity contribution in [3.05, 3.63) is 71.8 Å². The quantitative estimate of drug-likeness (QED) is 0.550. The topological polar surface area (TPSA) is 48.8 Å². The Balaban J connectivity index is 1.50. The lowest BCUT2D eigenvalue weighted by Crippen LogP contribution is -2.25. The van der Waals surface area contributed by atoms with Gasteiger partial charge < -0.3 is 18.8 Å². The van der Waals surface area contributed by atoms with Gasteiger partial charge in [0.25, 0.3) is 0 Å². The van der Waals surface area contributed by atoms with Crippen molar-refractivity contribution in [2.45, 2.75) is 33.0 Å². The van der Waals surface area contributed by atoms with Gasteiger partial charge in [-0.2, -0.15) is 0 Å². The molecular weight excluding hydrogens is 366 g/mol. The maximum atomic E-state index is 5.60. The smallest absolute Gasteiger partial charge is 0.231 e. The number of nitrogens with zero attached hydrogens (tertiary/aromatic N) is 3. The van der Waals surface area contributed by atoms with Crippen LogP contribution in [0.1, 0.15) is 23.1 Å². The third kappa shape index (κ3) is 4.71. The lowest BCUT2D eigenvalue weighted by atomic mass is 10.1. The number of imidazole rings is 1. The number of methoxy groups -OCH3 is 1. The van der Waals surface area contributed by atoms with Gasteiger partial charge in [0, 0.05) is 38.6 Å². The number of rotatable bonds is 9. The Hall–Kier alpha value is -2.99. The van der Waals surface area contributed by atoms with E-state index in [9.17, 15) is 0 Å². The van der Waals surface area contributed by atoms with Crippen LogP contribution in [0.5, 0.6) is 17.2 Å². The Morgan fingerprint density at radius 2 is 2.07 bits per heavy atom. The SMILES string of the molecule is COc1cc(CN(CCCn2ccnc2)Cc2ccccc2C)cc2c1OCO2. The zero-order valence-electron chi connectivity index (χ0n) is 17.0. The molecule has 2 heterocycles. The van der Waals surface area contributed by atoms with Crippen LogP contribution in [0.4, 0.5) is 0 Å². The molecular formula is C23H27N3O3. The molecule has 3 aromatic rings. The molecule has 0 N–H and O–H groups in total. The van der Waals surface area contributed by atoms with Gasteiger partial charge in [0.05, 0.1) is 13.4 Å². The van der Waals surface area contributed by atoms with Gasteiger partial charge >= 0.3 is 0 Å². The minimum absolute atomic E-state index is 0.243. The van der Waals surface area contributed by atoms with Crippen LogP contribution in [-0.4, -0.2) is 34.9 Å². The van der Waals surface area contributed by atoms with Crippen LogP contribution in [0.3, 0.4) is 0 Å². The molecule has 0 bridgehead atoms. The zero-order chi connectivity index (χ0) is 20.1. The Labute approximate surface area is 171 Å². The van der Waals surface area contributed by atoms with Crippen LogP contribution in [0, 0.1) is 6.92 Å². The van der Waals surface area contributed by atoms with Crippen LogP contribution in [0.15, 0.2) is 55.1 Å². The first kappa shape index (κ1) is 19.3. The summed E-state index contributed by atoms with van der Waals surface area (Å²) in [6, 6.07) is 12.7. The number of aromatic nitrogens is 2. The van der Waals surface area contributed by atoms with Crippen LogP contribution in [0.25, 0.3) is 0 Å². The first-order valence-corrected chi connectivity index (χ1v) is 9.92. The Kier molecular flexibility index (Phi) is 6.00. The van der Waals surface area contributed by atoms with Crippen molar-refractivity contribution in [3.63, 3.8) is 0 Å². The number of fused-ring (bicyclic) bond motifs is 1. The predicted octanol–water partition coefficient (Wildman–Crippen LogP) is 4.02. The fourth-order valence-corrected chi connectivity index (χ4v) is 3.67. The molecule has 0 saturated heterocycles. The lowest BCUT2D eigenvalue weighted by molar-refractivity contribution is 0.171. The molecule has 0 radical (unpaired) electrons. The number of ether oxygens (including phenoxy) is 3. The summed E-state index contributed by atoms with van der Waals surface area (Å²) in [5.74, 6) is 2.18. The summed E-state index contributed by atoms with van der Waals surface area (Å²) >= 11 is 0. The van der Waals surface area contributed by atoms with Gasteiger partial charge in [0.2, 0.25) is 12.5 Å². The summed E-state index contributed by atoms with van der Waals surface area (Å²) in [5.41, 5.74) is 3.82. The van der Waals surface area contributed by atoms with Gasteiger partial charge in [-0.15, -0.1) is 0 Å². The molecule has 1 aromatic heterocycles. The van der Waals surface area contributed by atoms with E-state index in [-0.39, 0.29) is 6.79 Å². The predicted molar refractivity (Wildman–Crippen MR) is 111 cm³/mol. The number of benzene rings is 2. The fraction of sp³-hybridized carbons (Fsp3) is 0.348. The monoisotopic (exact) mass is 393 g/mol. The third-order valence-corrected chi connectivity index (χ3v) is 5.23. The average Bonchev–Trinajstić information content (AvgIpc) is 3.41. The largest absolute Gasteiger partial charge is 0.493 e. The number of hydrogen-bond acceptors (Lipinski definition) is 5. The first-order valence-electron chi connectivity index (χ1n) is 9.92. The van der Waals surface area contributed by atoms with E-state index in [2.05, 4.69) is 51.7 Å². The van der Waals surface area contributed by atoms with Gasteiger partial charge in [-0.25, -0.2) is 4.98 Å². The molecule has 1 aliphatic heterocycles. The molecule has 6 heteroatoms. The van der Waals surface area contributed by atoms with Crippen LogP contribution < -0.4 is 14.2 Å². The second-order valence-corrected chi connectivity index (χ2v) is 7.32. The molecule has 0 atom stereocenters. The van der Waals surface area contributed by atoms with E-state index in [0.29, 0.717) is 5.75 Å².